The number of hydrogen-bond donors (Lipinski definition) is 0. The molecule has 0 bridgehead atoms. The first-order valence-corrected chi connectivity index (χ1v) is 10.8. The third-order valence-electron chi connectivity index (χ3n) is 4.98. The predicted octanol–water partition coefficient (Wildman–Crippen LogP) is 4.51. The van der Waals surface area contributed by atoms with Gasteiger partial charge in [-0.1, -0.05) is 42.7 Å². The Morgan fingerprint density at radius 3 is 2.79 bits per heavy atom. The molecular formula is C23H30ClNO4. The summed E-state index contributed by atoms with van der Waals surface area (Å²) in [5.74, 6) is 0.00820. The summed E-state index contributed by atoms with van der Waals surface area (Å²) in [6.07, 6.45) is 9.11. The van der Waals surface area contributed by atoms with Gasteiger partial charge < -0.3 is 9.64 Å². The molecule has 0 spiro atoms. The van der Waals surface area contributed by atoms with Gasteiger partial charge in [-0.15, -0.1) is 0 Å². The van der Waals surface area contributed by atoms with Crippen LogP contribution >= 0.6 is 11.6 Å². The minimum absolute atomic E-state index is 0.00512. The molecule has 1 saturated heterocycles. The number of rotatable bonds is 12. The molecule has 1 aliphatic heterocycles. The molecule has 0 unspecified atom stereocenters. The number of allylic oxidation sites excluding steroid dienone is 1. The molecule has 0 saturated carbocycles. The van der Waals surface area contributed by atoms with E-state index in [2.05, 4.69) is 0 Å². The quantitative estimate of drug-likeness (QED) is 0.284. The minimum Gasteiger partial charge on any atom is -0.466 e. The molecule has 29 heavy (non-hydrogen) atoms. The first-order chi connectivity index (χ1) is 14.0. The van der Waals surface area contributed by atoms with Crippen molar-refractivity contribution >= 4 is 29.3 Å². The van der Waals surface area contributed by atoms with Crippen LogP contribution in [-0.2, 0) is 25.5 Å². The summed E-state index contributed by atoms with van der Waals surface area (Å²) in [6, 6.07) is 7.28. The maximum Gasteiger partial charge on any atom is 0.305 e. The van der Waals surface area contributed by atoms with E-state index in [0.29, 0.717) is 37.4 Å². The molecule has 1 aromatic rings. The highest BCUT2D eigenvalue weighted by Crippen LogP contribution is 2.21. The number of esters is 1. The van der Waals surface area contributed by atoms with Crippen LogP contribution in [-0.4, -0.2) is 41.8 Å². The number of carbonyl (C=O) groups excluding carboxylic acids is 3. The van der Waals surface area contributed by atoms with Crippen molar-refractivity contribution in [3.8, 4) is 0 Å². The molecule has 1 aromatic carbocycles. The van der Waals surface area contributed by atoms with Crippen molar-refractivity contribution in [2.24, 2.45) is 0 Å². The van der Waals surface area contributed by atoms with Crippen molar-refractivity contribution < 1.29 is 19.1 Å². The zero-order valence-corrected chi connectivity index (χ0v) is 17.8. The zero-order chi connectivity index (χ0) is 21.1. The normalized spacial score (nSPS) is 16.6. The first kappa shape index (κ1) is 23.1. The number of benzene rings is 1. The van der Waals surface area contributed by atoms with Crippen LogP contribution in [0, 0.1) is 0 Å². The molecule has 1 fully saturated rings. The number of ether oxygens (including phenoxy) is 1. The first-order valence-electron chi connectivity index (χ1n) is 10.4. The largest absolute Gasteiger partial charge is 0.466 e. The van der Waals surface area contributed by atoms with Crippen LogP contribution in [0.3, 0.4) is 0 Å². The molecular weight excluding hydrogens is 390 g/mol. The van der Waals surface area contributed by atoms with Gasteiger partial charge in [0.1, 0.15) is 0 Å². The summed E-state index contributed by atoms with van der Waals surface area (Å²) in [6.45, 7) is 2.92. The Balaban J connectivity index is 1.72. The Labute approximate surface area is 178 Å². The predicted molar refractivity (Wildman–Crippen MR) is 114 cm³/mol. The van der Waals surface area contributed by atoms with Crippen molar-refractivity contribution in [3.05, 3.63) is 47.0 Å². The fraction of sp³-hybridized carbons (Fsp3) is 0.522. The van der Waals surface area contributed by atoms with Crippen LogP contribution in [0.4, 0.5) is 0 Å². The average Bonchev–Trinajstić information content (AvgIpc) is 3.03. The van der Waals surface area contributed by atoms with E-state index in [0.717, 1.165) is 37.7 Å². The van der Waals surface area contributed by atoms with E-state index in [1.807, 2.05) is 23.1 Å². The number of carbonyl (C=O) groups is 3. The molecule has 0 N–H and O–H groups in total. The second-order valence-corrected chi connectivity index (χ2v) is 7.73. The maximum absolute atomic E-state index is 12.2. The topological polar surface area (TPSA) is 63.7 Å². The third-order valence-corrected chi connectivity index (χ3v) is 5.22. The third kappa shape index (κ3) is 8.40. The van der Waals surface area contributed by atoms with Crippen LogP contribution in [0.2, 0.25) is 5.02 Å². The Kier molecular flexibility index (Phi) is 9.92. The van der Waals surface area contributed by atoms with E-state index < -0.39 is 0 Å². The van der Waals surface area contributed by atoms with Crippen molar-refractivity contribution in [3.63, 3.8) is 0 Å². The molecule has 158 valence electrons. The fourth-order valence-electron chi connectivity index (χ4n) is 3.51. The summed E-state index contributed by atoms with van der Waals surface area (Å²) in [5, 5.41) is 0.620. The zero-order valence-electron chi connectivity index (χ0n) is 17.1. The molecule has 5 nitrogen and oxygen atoms in total. The van der Waals surface area contributed by atoms with Crippen LogP contribution in [0.1, 0.15) is 57.4 Å². The second kappa shape index (κ2) is 12.4. The highest BCUT2D eigenvalue weighted by molar-refractivity contribution is 6.30. The molecule has 6 heteroatoms. The lowest BCUT2D eigenvalue weighted by Gasteiger charge is -2.22. The van der Waals surface area contributed by atoms with E-state index >= 15 is 0 Å². The Bertz CT molecular complexity index is 731. The van der Waals surface area contributed by atoms with Gasteiger partial charge >= 0.3 is 5.97 Å². The molecule has 1 atom stereocenters. The number of nitrogens with zero attached hydrogens (tertiary/aromatic N) is 1. The number of hydrogen-bond acceptors (Lipinski definition) is 4. The number of unbranched alkanes of at least 4 members (excludes halogenated alkanes) is 3. The van der Waals surface area contributed by atoms with Crippen molar-refractivity contribution in [1.82, 2.24) is 4.90 Å². The van der Waals surface area contributed by atoms with E-state index in [-0.39, 0.29) is 23.7 Å². The van der Waals surface area contributed by atoms with E-state index in [4.69, 9.17) is 16.3 Å². The second-order valence-electron chi connectivity index (χ2n) is 7.29. The van der Waals surface area contributed by atoms with Gasteiger partial charge in [-0.25, -0.2) is 0 Å². The van der Waals surface area contributed by atoms with Gasteiger partial charge in [-0.3, -0.25) is 14.4 Å². The van der Waals surface area contributed by atoms with Gasteiger partial charge in [0, 0.05) is 30.8 Å². The fourth-order valence-corrected chi connectivity index (χ4v) is 3.72. The summed E-state index contributed by atoms with van der Waals surface area (Å²) in [7, 11) is 0. The smallest absolute Gasteiger partial charge is 0.305 e. The molecule has 1 aliphatic rings. The van der Waals surface area contributed by atoms with Crippen molar-refractivity contribution in [2.75, 3.05) is 13.2 Å². The molecule has 1 heterocycles. The Hall–Kier alpha value is -2.14. The maximum atomic E-state index is 12.2. The van der Waals surface area contributed by atoms with Crippen LogP contribution in [0.25, 0.3) is 0 Å². The Morgan fingerprint density at radius 1 is 1.24 bits per heavy atom. The standard InChI is InChI=1S/C23H30ClNO4/c1-2-29-23(28)10-5-3-4-6-15-25-20(12-14-22(25)27)11-13-21(26)17-18-8-7-9-19(24)16-18/h7-9,11,13,16,20H,2-6,10,12,14-15,17H2,1H3/t20-/m0/s1. The molecule has 0 aromatic heterocycles. The Morgan fingerprint density at radius 2 is 2.03 bits per heavy atom. The summed E-state index contributed by atoms with van der Waals surface area (Å²) < 4.78 is 4.91. The van der Waals surface area contributed by atoms with Gasteiger partial charge in [-0.2, -0.15) is 0 Å². The summed E-state index contributed by atoms with van der Waals surface area (Å²) in [5.41, 5.74) is 0.884. The lowest BCUT2D eigenvalue weighted by Crippen LogP contribution is -2.32. The SMILES string of the molecule is CCOC(=O)CCCCCCN1C(=O)CC[C@@H]1C=CC(=O)Cc1cccc(Cl)c1. The molecule has 2 rings (SSSR count). The lowest BCUT2D eigenvalue weighted by atomic mass is 10.1. The summed E-state index contributed by atoms with van der Waals surface area (Å²) in [4.78, 5) is 37.6. The van der Waals surface area contributed by atoms with Gasteiger partial charge in [0.15, 0.2) is 5.78 Å². The number of amides is 1. The van der Waals surface area contributed by atoms with Crippen LogP contribution in [0.5, 0.6) is 0 Å². The van der Waals surface area contributed by atoms with Crippen LogP contribution in [0.15, 0.2) is 36.4 Å². The van der Waals surface area contributed by atoms with Crippen molar-refractivity contribution in [1.29, 1.82) is 0 Å². The monoisotopic (exact) mass is 419 g/mol. The minimum atomic E-state index is -0.144. The number of halogens is 1. The van der Waals surface area contributed by atoms with Crippen molar-refractivity contribution in [2.45, 2.75) is 64.3 Å². The van der Waals surface area contributed by atoms with Gasteiger partial charge in [0.25, 0.3) is 0 Å². The van der Waals surface area contributed by atoms with Gasteiger partial charge in [-0.05, 0) is 50.0 Å². The summed E-state index contributed by atoms with van der Waals surface area (Å²) >= 11 is 5.96. The van der Waals surface area contributed by atoms with E-state index in [9.17, 15) is 14.4 Å². The van der Waals surface area contributed by atoms with E-state index in [1.54, 1.807) is 25.1 Å². The number of likely N-dealkylation sites (tertiary alicyclic amines) is 1. The van der Waals surface area contributed by atoms with E-state index in [1.165, 1.54) is 0 Å². The molecule has 0 radical (unpaired) electrons. The van der Waals surface area contributed by atoms with Gasteiger partial charge in [0.05, 0.1) is 12.6 Å². The molecule has 0 aliphatic carbocycles. The number of ketones is 1. The van der Waals surface area contributed by atoms with Gasteiger partial charge in [0.2, 0.25) is 5.91 Å². The highest BCUT2D eigenvalue weighted by Gasteiger charge is 2.28. The van der Waals surface area contributed by atoms with Crippen LogP contribution < -0.4 is 0 Å². The lowest BCUT2D eigenvalue weighted by molar-refractivity contribution is -0.143. The average molecular weight is 420 g/mol. The molecule has 1 amide bonds. The highest BCUT2D eigenvalue weighted by atomic mass is 35.5.